The Hall–Kier alpha value is -0.650. The van der Waals surface area contributed by atoms with Crippen LogP contribution in [0.2, 0.25) is 0 Å². The van der Waals surface area contributed by atoms with Gasteiger partial charge in [-0.25, -0.2) is 0 Å². The maximum absolute atomic E-state index is 6.38. The molecular weight excluding hydrogens is 278 g/mol. The highest BCUT2D eigenvalue weighted by Crippen LogP contribution is 2.29. The molecule has 1 fully saturated rings. The Morgan fingerprint density at radius 1 is 1.25 bits per heavy atom. The van der Waals surface area contributed by atoms with Crippen LogP contribution in [0.15, 0.2) is 30.3 Å². The van der Waals surface area contributed by atoms with Gasteiger partial charge in [0.25, 0.3) is 0 Å². The zero-order valence-electron chi connectivity index (χ0n) is 12.2. The van der Waals surface area contributed by atoms with Gasteiger partial charge in [-0.1, -0.05) is 30.3 Å². The van der Waals surface area contributed by atoms with Gasteiger partial charge in [-0.05, 0) is 19.7 Å². The summed E-state index contributed by atoms with van der Waals surface area (Å²) in [6, 6.07) is 10.2. The number of methoxy groups -OCH3 is 1. The number of hydrogen-bond acceptors (Lipinski definition) is 4. The summed E-state index contributed by atoms with van der Waals surface area (Å²) >= 11 is 6.38. The monoisotopic (exact) mass is 299 g/mol. The molecule has 0 spiro atoms. The van der Waals surface area contributed by atoms with Crippen molar-refractivity contribution in [2.75, 3.05) is 27.8 Å². The first kappa shape index (κ1) is 15.7. The number of likely N-dealkylation sites (N-methyl/N-ethyl adjacent to an activating group) is 1. The molecular formula is C15H22ClNO3. The lowest BCUT2D eigenvalue weighted by Gasteiger charge is -2.26. The number of hydrogen-bond donors (Lipinski definition) is 0. The van der Waals surface area contributed by atoms with Crippen molar-refractivity contribution in [1.82, 2.24) is 4.90 Å². The van der Waals surface area contributed by atoms with E-state index in [4.69, 9.17) is 25.8 Å². The van der Waals surface area contributed by atoms with Crippen LogP contribution in [0.1, 0.15) is 5.56 Å². The van der Waals surface area contributed by atoms with Crippen molar-refractivity contribution in [3.63, 3.8) is 0 Å². The minimum atomic E-state index is -0.380. The molecule has 0 unspecified atom stereocenters. The van der Waals surface area contributed by atoms with Gasteiger partial charge < -0.3 is 19.1 Å². The topological polar surface area (TPSA) is 30.9 Å². The summed E-state index contributed by atoms with van der Waals surface area (Å²) in [7, 11) is 5.59. The largest absolute Gasteiger partial charge is 0.374 e. The Balaban J connectivity index is 1.87. The molecule has 1 saturated heterocycles. The molecule has 0 aliphatic carbocycles. The molecule has 0 saturated carbocycles. The minimum absolute atomic E-state index is 0.0809. The fourth-order valence-electron chi connectivity index (χ4n) is 2.50. The Bertz CT molecular complexity index is 401. The average molecular weight is 300 g/mol. The van der Waals surface area contributed by atoms with Crippen molar-refractivity contribution in [1.29, 1.82) is 0 Å². The van der Waals surface area contributed by atoms with Crippen LogP contribution in [0.4, 0.5) is 0 Å². The lowest BCUT2D eigenvalue weighted by Crippen LogP contribution is -2.43. The molecule has 0 N–H and O–H groups in total. The fraction of sp³-hybridized carbons (Fsp3) is 0.600. The smallest absolute Gasteiger partial charge is 0.175 e. The minimum Gasteiger partial charge on any atom is -0.374 e. The average Bonchev–Trinajstić information content (AvgIpc) is 2.76. The second-order valence-electron chi connectivity index (χ2n) is 5.18. The summed E-state index contributed by atoms with van der Waals surface area (Å²) in [4.78, 5) is 2.06. The van der Waals surface area contributed by atoms with Crippen molar-refractivity contribution < 1.29 is 14.2 Å². The Morgan fingerprint density at radius 2 is 1.95 bits per heavy atom. The number of alkyl halides is 1. The van der Waals surface area contributed by atoms with Crippen LogP contribution >= 0.6 is 11.6 Å². The Morgan fingerprint density at radius 3 is 2.55 bits per heavy atom. The van der Waals surface area contributed by atoms with Crippen LogP contribution in [-0.4, -0.2) is 56.5 Å². The zero-order chi connectivity index (χ0) is 14.5. The molecule has 2 rings (SSSR count). The molecule has 0 aromatic heterocycles. The first-order valence-corrected chi connectivity index (χ1v) is 7.17. The Labute approximate surface area is 125 Å². The summed E-state index contributed by atoms with van der Waals surface area (Å²) < 4.78 is 16.8. The van der Waals surface area contributed by atoms with Gasteiger partial charge in [0.05, 0.1) is 19.3 Å². The number of benzene rings is 1. The van der Waals surface area contributed by atoms with Gasteiger partial charge in [0.2, 0.25) is 0 Å². The molecule has 112 valence electrons. The van der Waals surface area contributed by atoms with Crippen LogP contribution in [0.25, 0.3) is 0 Å². The van der Waals surface area contributed by atoms with Gasteiger partial charge in [0.1, 0.15) is 11.5 Å². The molecule has 4 atom stereocenters. The lowest BCUT2D eigenvalue weighted by atomic mass is 10.1. The van der Waals surface area contributed by atoms with E-state index in [1.165, 1.54) is 0 Å². The van der Waals surface area contributed by atoms with Crippen molar-refractivity contribution in [2.24, 2.45) is 0 Å². The zero-order valence-corrected chi connectivity index (χ0v) is 12.9. The highest BCUT2D eigenvalue weighted by Gasteiger charge is 2.45. The third-order valence-corrected chi connectivity index (χ3v) is 3.96. The molecule has 1 heterocycles. The molecule has 0 radical (unpaired) electrons. The summed E-state index contributed by atoms with van der Waals surface area (Å²) in [6.45, 7) is 1.08. The lowest BCUT2D eigenvalue weighted by molar-refractivity contribution is -0.130. The third-order valence-electron chi connectivity index (χ3n) is 3.50. The standard InChI is InChI=1S/C15H22ClNO3/c1-17(2)14-12(20-15(18-3)13(14)16)10-19-9-11-7-5-4-6-8-11/h4-8,12-15H,9-10H2,1-3H3/t12-,13-,14+,15-/m1/s1. The van der Waals surface area contributed by atoms with Gasteiger partial charge in [-0.3, -0.25) is 0 Å². The van der Waals surface area contributed by atoms with Crippen molar-refractivity contribution in [2.45, 2.75) is 30.4 Å². The highest BCUT2D eigenvalue weighted by atomic mass is 35.5. The number of rotatable bonds is 6. The maximum atomic E-state index is 6.38. The number of halogens is 1. The van der Waals surface area contributed by atoms with Crippen molar-refractivity contribution in [3.8, 4) is 0 Å². The first-order valence-electron chi connectivity index (χ1n) is 6.74. The molecule has 1 aliphatic rings. The second kappa shape index (κ2) is 7.38. The summed E-state index contributed by atoms with van der Waals surface area (Å²) in [5.74, 6) is 0. The van der Waals surface area contributed by atoms with E-state index in [0.29, 0.717) is 13.2 Å². The van der Waals surface area contributed by atoms with Gasteiger partial charge >= 0.3 is 0 Å². The summed E-state index contributed by atoms with van der Waals surface area (Å²) in [5.41, 5.74) is 1.15. The van der Waals surface area contributed by atoms with E-state index in [-0.39, 0.29) is 23.8 Å². The fourth-order valence-corrected chi connectivity index (χ4v) is 3.05. The normalized spacial score (nSPS) is 30.1. The van der Waals surface area contributed by atoms with E-state index in [2.05, 4.69) is 4.90 Å². The van der Waals surface area contributed by atoms with Crippen LogP contribution < -0.4 is 0 Å². The predicted molar refractivity (Wildman–Crippen MR) is 78.9 cm³/mol. The molecule has 4 nitrogen and oxygen atoms in total. The van der Waals surface area contributed by atoms with E-state index in [0.717, 1.165) is 5.56 Å². The van der Waals surface area contributed by atoms with Crippen LogP contribution in [0.5, 0.6) is 0 Å². The summed E-state index contributed by atoms with van der Waals surface area (Å²) in [6.07, 6.45) is -0.462. The van der Waals surface area contributed by atoms with E-state index in [9.17, 15) is 0 Å². The summed E-state index contributed by atoms with van der Waals surface area (Å²) in [5, 5.41) is -0.194. The van der Waals surface area contributed by atoms with E-state index in [1.807, 2.05) is 44.4 Å². The van der Waals surface area contributed by atoms with Gasteiger partial charge in [0.15, 0.2) is 6.29 Å². The predicted octanol–water partition coefficient (Wildman–Crippen LogP) is 2.11. The van der Waals surface area contributed by atoms with E-state index >= 15 is 0 Å². The second-order valence-corrected chi connectivity index (χ2v) is 5.68. The van der Waals surface area contributed by atoms with Crippen molar-refractivity contribution in [3.05, 3.63) is 35.9 Å². The molecule has 5 heteroatoms. The van der Waals surface area contributed by atoms with Gasteiger partial charge in [-0.2, -0.15) is 0 Å². The third kappa shape index (κ3) is 3.71. The van der Waals surface area contributed by atoms with E-state index in [1.54, 1.807) is 7.11 Å². The van der Waals surface area contributed by atoms with Crippen LogP contribution in [0, 0.1) is 0 Å². The van der Waals surface area contributed by atoms with E-state index < -0.39 is 0 Å². The number of ether oxygens (including phenoxy) is 3. The maximum Gasteiger partial charge on any atom is 0.175 e. The Kier molecular flexibility index (Phi) is 5.81. The van der Waals surface area contributed by atoms with Gasteiger partial charge in [0, 0.05) is 7.11 Å². The van der Waals surface area contributed by atoms with Crippen LogP contribution in [-0.2, 0) is 20.8 Å². The number of nitrogens with zero attached hydrogens (tertiary/aromatic N) is 1. The SMILES string of the molecule is CO[C@@H]1O[C@H](COCc2ccccc2)[C@H](N(C)C)[C@H]1Cl. The molecule has 1 aliphatic heterocycles. The molecule has 0 bridgehead atoms. The van der Waals surface area contributed by atoms with Crippen LogP contribution in [0.3, 0.4) is 0 Å². The molecule has 1 aromatic rings. The van der Waals surface area contributed by atoms with Crippen molar-refractivity contribution >= 4 is 11.6 Å². The quantitative estimate of drug-likeness (QED) is 0.753. The first-order chi connectivity index (χ1) is 9.63. The molecule has 0 amide bonds. The molecule has 20 heavy (non-hydrogen) atoms. The molecule has 1 aromatic carbocycles. The van der Waals surface area contributed by atoms with Gasteiger partial charge in [-0.15, -0.1) is 11.6 Å². The highest BCUT2D eigenvalue weighted by molar-refractivity contribution is 6.21.